The Hall–Kier alpha value is -2.60. The first kappa shape index (κ1) is 18.2. The predicted octanol–water partition coefficient (Wildman–Crippen LogP) is 3.92. The van der Waals surface area contributed by atoms with Crippen LogP contribution >= 0.6 is 7.82 Å². The van der Waals surface area contributed by atoms with E-state index in [9.17, 15) is 4.57 Å². The van der Waals surface area contributed by atoms with Gasteiger partial charge in [0.05, 0.1) is 19.4 Å². The Morgan fingerprint density at radius 2 is 1.46 bits per heavy atom. The summed E-state index contributed by atoms with van der Waals surface area (Å²) in [5, 5.41) is 0. The molecule has 0 aliphatic heterocycles. The maximum Gasteiger partial charge on any atom is 0.532 e. The molecule has 8 heteroatoms. The molecule has 0 spiro atoms. The van der Waals surface area contributed by atoms with Gasteiger partial charge >= 0.3 is 7.82 Å². The van der Waals surface area contributed by atoms with Crippen molar-refractivity contribution in [3.63, 3.8) is 0 Å². The summed E-state index contributed by atoms with van der Waals surface area (Å²) in [6.07, 6.45) is 1.51. The zero-order valence-corrected chi connectivity index (χ0v) is 15.2. The van der Waals surface area contributed by atoms with Gasteiger partial charge in [0.1, 0.15) is 0 Å². The number of nitrogens with two attached hydrogens (primary N) is 1. The lowest BCUT2D eigenvalue weighted by Crippen LogP contribution is -2.04. The Morgan fingerprint density at radius 1 is 0.962 bits per heavy atom. The summed E-state index contributed by atoms with van der Waals surface area (Å²) in [7, 11) is -2.21. The maximum absolute atomic E-state index is 13.1. The molecule has 0 unspecified atom stereocenters. The maximum atomic E-state index is 13.1. The van der Waals surface area contributed by atoms with Crippen molar-refractivity contribution in [2.24, 2.45) is 7.05 Å². The SMILES string of the molecule is Cn1cc(OP(=O)(OCc2ccccc2)OCc2ccccc2)nc1N. The topological polar surface area (TPSA) is 88.6 Å². The zero-order chi connectivity index (χ0) is 18.4. The average Bonchev–Trinajstić information content (AvgIpc) is 2.97. The number of hydrogen-bond acceptors (Lipinski definition) is 6. The number of benzene rings is 2. The molecule has 2 N–H and O–H groups in total. The Labute approximate surface area is 152 Å². The first-order chi connectivity index (χ1) is 12.5. The standard InChI is InChI=1S/C18H20N3O4P/c1-21-12-17(20-18(21)19)25-26(22,23-13-15-8-4-2-5-9-15)24-14-16-10-6-3-7-11-16/h2-12H,13-14H2,1H3,(H2,19,20). The largest absolute Gasteiger partial charge is 0.532 e. The number of anilines is 1. The first-order valence-electron chi connectivity index (χ1n) is 7.99. The van der Waals surface area contributed by atoms with Crippen LogP contribution in [0.25, 0.3) is 0 Å². The molecule has 0 fully saturated rings. The monoisotopic (exact) mass is 373 g/mol. The van der Waals surface area contributed by atoms with E-state index in [1.54, 1.807) is 11.6 Å². The van der Waals surface area contributed by atoms with E-state index < -0.39 is 7.82 Å². The molecule has 0 aliphatic rings. The summed E-state index contributed by atoms with van der Waals surface area (Å²) in [6.45, 7) is 0.157. The lowest BCUT2D eigenvalue weighted by Gasteiger charge is -2.17. The number of imidazole rings is 1. The quantitative estimate of drug-likeness (QED) is 0.602. The molecule has 7 nitrogen and oxygen atoms in total. The Balaban J connectivity index is 1.73. The summed E-state index contributed by atoms with van der Waals surface area (Å²) in [5.74, 6) is 0.312. The molecule has 0 atom stereocenters. The first-order valence-corrected chi connectivity index (χ1v) is 9.45. The Kier molecular flexibility index (Phi) is 5.73. The van der Waals surface area contributed by atoms with E-state index in [1.807, 2.05) is 60.7 Å². The van der Waals surface area contributed by atoms with Gasteiger partial charge in [-0.25, -0.2) is 4.57 Å². The van der Waals surface area contributed by atoms with Crippen LogP contribution in [0.3, 0.4) is 0 Å². The van der Waals surface area contributed by atoms with Crippen molar-refractivity contribution >= 4 is 13.8 Å². The minimum Gasteiger partial charge on any atom is -0.384 e. The number of hydrogen-bond donors (Lipinski definition) is 1. The third-order valence-corrected chi connectivity index (χ3v) is 4.86. The van der Waals surface area contributed by atoms with E-state index in [-0.39, 0.29) is 25.0 Å². The lowest BCUT2D eigenvalue weighted by molar-refractivity contribution is 0.142. The van der Waals surface area contributed by atoms with Crippen LogP contribution in [0.2, 0.25) is 0 Å². The molecule has 3 aromatic rings. The number of aromatic nitrogens is 2. The summed E-state index contributed by atoms with van der Waals surface area (Å²) in [6, 6.07) is 18.7. The smallest absolute Gasteiger partial charge is 0.384 e. The zero-order valence-electron chi connectivity index (χ0n) is 14.3. The fourth-order valence-corrected chi connectivity index (χ4v) is 3.27. The minimum atomic E-state index is -3.91. The van der Waals surface area contributed by atoms with Gasteiger partial charge in [0.2, 0.25) is 11.8 Å². The molecular formula is C18H20N3O4P. The van der Waals surface area contributed by atoms with Gasteiger partial charge in [-0.2, -0.15) is 4.98 Å². The van der Waals surface area contributed by atoms with Crippen LogP contribution in [0.15, 0.2) is 66.9 Å². The number of phosphoric ester groups is 1. The van der Waals surface area contributed by atoms with Gasteiger partial charge in [0.15, 0.2) is 0 Å². The van der Waals surface area contributed by atoms with E-state index in [1.165, 1.54) is 6.20 Å². The summed E-state index contributed by atoms with van der Waals surface area (Å²) >= 11 is 0. The second kappa shape index (κ2) is 8.19. The fraction of sp³-hybridized carbons (Fsp3) is 0.167. The van der Waals surface area contributed by atoms with Crippen LogP contribution in [0, 0.1) is 0 Å². The van der Waals surface area contributed by atoms with E-state index >= 15 is 0 Å². The molecule has 0 saturated carbocycles. The van der Waals surface area contributed by atoms with Crippen molar-refractivity contribution in [2.45, 2.75) is 13.2 Å². The van der Waals surface area contributed by atoms with Gasteiger partial charge in [0.25, 0.3) is 0 Å². The second-order valence-electron chi connectivity index (χ2n) is 5.60. The molecule has 26 heavy (non-hydrogen) atoms. The third kappa shape index (κ3) is 4.95. The number of phosphoric acid groups is 1. The highest BCUT2D eigenvalue weighted by atomic mass is 31.2. The second-order valence-corrected chi connectivity index (χ2v) is 7.20. The fourth-order valence-electron chi connectivity index (χ4n) is 2.16. The number of aryl methyl sites for hydroxylation is 1. The van der Waals surface area contributed by atoms with E-state index in [0.717, 1.165) is 11.1 Å². The van der Waals surface area contributed by atoms with Crippen molar-refractivity contribution in [2.75, 3.05) is 5.73 Å². The molecule has 1 aromatic heterocycles. The van der Waals surface area contributed by atoms with E-state index in [0.29, 0.717) is 0 Å². The molecule has 2 aromatic carbocycles. The average molecular weight is 373 g/mol. The van der Waals surface area contributed by atoms with Gasteiger partial charge in [-0.15, -0.1) is 0 Å². The van der Waals surface area contributed by atoms with Crippen molar-refractivity contribution < 1.29 is 18.1 Å². The molecule has 0 bridgehead atoms. The minimum absolute atomic E-state index is 0.0782. The van der Waals surface area contributed by atoms with Crippen LogP contribution in [0.5, 0.6) is 5.88 Å². The summed E-state index contributed by atoms with van der Waals surface area (Å²) < 4.78 is 31.1. The van der Waals surface area contributed by atoms with E-state index in [4.69, 9.17) is 19.3 Å². The molecule has 0 radical (unpaired) electrons. The molecular weight excluding hydrogens is 353 g/mol. The van der Waals surface area contributed by atoms with Crippen LogP contribution in [0.4, 0.5) is 5.95 Å². The van der Waals surface area contributed by atoms with Gasteiger partial charge in [0, 0.05) is 7.05 Å². The predicted molar refractivity (Wildman–Crippen MR) is 98.3 cm³/mol. The van der Waals surface area contributed by atoms with Gasteiger partial charge in [-0.05, 0) is 11.1 Å². The van der Waals surface area contributed by atoms with Crippen molar-refractivity contribution in [3.05, 3.63) is 78.0 Å². The molecule has 3 rings (SSSR count). The highest BCUT2D eigenvalue weighted by Gasteiger charge is 2.30. The molecule has 0 aliphatic carbocycles. The number of rotatable bonds is 8. The van der Waals surface area contributed by atoms with Gasteiger partial charge in [-0.3, -0.25) is 9.05 Å². The van der Waals surface area contributed by atoms with Crippen LogP contribution < -0.4 is 10.3 Å². The highest BCUT2D eigenvalue weighted by Crippen LogP contribution is 2.50. The molecule has 136 valence electrons. The molecule has 0 saturated heterocycles. The van der Waals surface area contributed by atoms with Crippen LogP contribution in [-0.2, 0) is 33.9 Å². The Morgan fingerprint density at radius 3 is 1.88 bits per heavy atom. The normalized spacial score (nSPS) is 11.4. The van der Waals surface area contributed by atoms with E-state index in [2.05, 4.69) is 4.98 Å². The van der Waals surface area contributed by atoms with Crippen molar-refractivity contribution in [3.8, 4) is 5.88 Å². The number of nitrogens with zero attached hydrogens (tertiary/aromatic N) is 2. The van der Waals surface area contributed by atoms with Crippen LogP contribution in [0.1, 0.15) is 11.1 Å². The Bertz CT molecular complexity index is 817. The van der Waals surface area contributed by atoms with Crippen molar-refractivity contribution in [1.82, 2.24) is 9.55 Å². The van der Waals surface area contributed by atoms with Crippen LogP contribution in [-0.4, -0.2) is 9.55 Å². The summed E-state index contributed by atoms with van der Waals surface area (Å²) in [5.41, 5.74) is 7.38. The highest BCUT2D eigenvalue weighted by molar-refractivity contribution is 7.48. The third-order valence-electron chi connectivity index (χ3n) is 3.56. The van der Waals surface area contributed by atoms with Gasteiger partial charge < -0.3 is 14.8 Å². The number of nitrogen functional groups attached to an aromatic ring is 1. The summed E-state index contributed by atoms with van der Waals surface area (Å²) in [4.78, 5) is 3.99. The molecule has 1 heterocycles. The lowest BCUT2D eigenvalue weighted by atomic mass is 10.2. The molecule has 0 amide bonds. The van der Waals surface area contributed by atoms with Crippen molar-refractivity contribution in [1.29, 1.82) is 0 Å². The van der Waals surface area contributed by atoms with Gasteiger partial charge in [-0.1, -0.05) is 60.7 Å².